The molecule has 0 radical (unpaired) electrons. The summed E-state index contributed by atoms with van der Waals surface area (Å²) in [5.41, 5.74) is 2.64. The second kappa shape index (κ2) is 6.07. The van der Waals surface area contributed by atoms with Crippen LogP contribution in [0.4, 0.5) is 0 Å². The summed E-state index contributed by atoms with van der Waals surface area (Å²) in [5, 5.41) is 9.34. The second-order valence-electron chi connectivity index (χ2n) is 5.58. The third kappa shape index (κ3) is 3.18. The molecule has 1 heterocycles. The summed E-state index contributed by atoms with van der Waals surface area (Å²) in [7, 11) is 0. The van der Waals surface area contributed by atoms with E-state index in [0.29, 0.717) is 18.5 Å². The molecule has 0 aromatic heterocycles. The van der Waals surface area contributed by atoms with Crippen LogP contribution in [0.5, 0.6) is 0 Å². The molecule has 20 heavy (non-hydrogen) atoms. The SMILES string of the molecule is Cc1cc(C)cc(C(=O)N2CCCCCC2C(=O)O)c1. The molecule has 1 N–H and O–H groups in total. The molecule has 0 bridgehead atoms. The first-order valence-electron chi connectivity index (χ1n) is 7.11. The Morgan fingerprint density at radius 1 is 1.10 bits per heavy atom. The van der Waals surface area contributed by atoms with Gasteiger partial charge < -0.3 is 10.0 Å². The van der Waals surface area contributed by atoms with E-state index in [4.69, 9.17) is 0 Å². The van der Waals surface area contributed by atoms with Gasteiger partial charge in [0.15, 0.2) is 0 Å². The second-order valence-corrected chi connectivity index (χ2v) is 5.58. The van der Waals surface area contributed by atoms with Crippen molar-refractivity contribution in [2.75, 3.05) is 6.54 Å². The number of amides is 1. The van der Waals surface area contributed by atoms with Gasteiger partial charge in [-0.3, -0.25) is 4.79 Å². The molecule has 1 amide bonds. The first kappa shape index (κ1) is 14.6. The molecule has 1 aromatic rings. The fraction of sp³-hybridized carbons (Fsp3) is 0.500. The Labute approximate surface area is 119 Å². The van der Waals surface area contributed by atoms with Gasteiger partial charge in [-0.05, 0) is 38.8 Å². The Hall–Kier alpha value is -1.84. The number of hydrogen-bond donors (Lipinski definition) is 1. The highest BCUT2D eigenvalue weighted by molar-refractivity contribution is 5.97. The maximum absolute atomic E-state index is 12.6. The zero-order valence-electron chi connectivity index (χ0n) is 12.1. The zero-order valence-corrected chi connectivity index (χ0v) is 12.1. The summed E-state index contributed by atoms with van der Waals surface area (Å²) in [6, 6.07) is 4.98. The van der Waals surface area contributed by atoms with Gasteiger partial charge in [0.25, 0.3) is 5.91 Å². The van der Waals surface area contributed by atoms with Crippen LogP contribution in [0.15, 0.2) is 18.2 Å². The average molecular weight is 275 g/mol. The smallest absolute Gasteiger partial charge is 0.326 e. The Morgan fingerprint density at radius 2 is 1.75 bits per heavy atom. The van der Waals surface area contributed by atoms with Crippen molar-refractivity contribution in [3.8, 4) is 0 Å². The Balaban J connectivity index is 2.30. The lowest BCUT2D eigenvalue weighted by Gasteiger charge is -2.27. The average Bonchev–Trinajstić information content (AvgIpc) is 2.62. The van der Waals surface area contributed by atoms with Crippen LogP contribution in [-0.2, 0) is 4.79 Å². The standard InChI is InChI=1S/C16H21NO3/c1-11-8-12(2)10-13(9-11)15(18)17-7-5-3-4-6-14(17)16(19)20/h8-10,14H,3-7H2,1-2H3,(H,19,20). The molecule has 1 aromatic carbocycles. The maximum atomic E-state index is 12.6. The highest BCUT2D eigenvalue weighted by Crippen LogP contribution is 2.20. The van der Waals surface area contributed by atoms with E-state index >= 15 is 0 Å². The van der Waals surface area contributed by atoms with E-state index in [0.717, 1.165) is 30.4 Å². The Bertz CT molecular complexity index is 504. The van der Waals surface area contributed by atoms with Gasteiger partial charge in [0.05, 0.1) is 0 Å². The maximum Gasteiger partial charge on any atom is 0.326 e. The van der Waals surface area contributed by atoms with Gasteiger partial charge in [0, 0.05) is 12.1 Å². The molecule has 1 atom stereocenters. The molecule has 2 rings (SSSR count). The lowest BCUT2D eigenvalue weighted by Crippen LogP contribution is -2.44. The number of nitrogens with zero attached hydrogens (tertiary/aromatic N) is 1. The van der Waals surface area contributed by atoms with Gasteiger partial charge in [-0.15, -0.1) is 0 Å². The lowest BCUT2D eigenvalue weighted by molar-refractivity contribution is -0.142. The summed E-state index contributed by atoms with van der Waals surface area (Å²) in [6.45, 7) is 4.42. The predicted octanol–water partition coefficient (Wildman–Crippen LogP) is 2.77. The summed E-state index contributed by atoms with van der Waals surface area (Å²) in [6.07, 6.45) is 3.28. The summed E-state index contributed by atoms with van der Waals surface area (Å²) < 4.78 is 0. The van der Waals surface area contributed by atoms with Crippen molar-refractivity contribution in [2.45, 2.75) is 45.6 Å². The van der Waals surface area contributed by atoms with Crippen LogP contribution in [-0.4, -0.2) is 34.5 Å². The van der Waals surface area contributed by atoms with Crippen molar-refractivity contribution in [2.24, 2.45) is 0 Å². The van der Waals surface area contributed by atoms with Crippen molar-refractivity contribution in [3.63, 3.8) is 0 Å². The highest BCUT2D eigenvalue weighted by atomic mass is 16.4. The zero-order chi connectivity index (χ0) is 14.7. The number of carbonyl (C=O) groups excluding carboxylic acids is 1. The number of carbonyl (C=O) groups is 2. The first-order valence-corrected chi connectivity index (χ1v) is 7.11. The minimum Gasteiger partial charge on any atom is -0.480 e. The van der Waals surface area contributed by atoms with Crippen LogP contribution >= 0.6 is 0 Å². The molecule has 1 aliphatic heterocycles. The number of carboxylic acids is 1. The van der Waals surface area contributed by atoms with Crippen LogP contribution in [0.2, 0.25) is 0 Å². The van der Waals surface area contributed by atoms with Crippen LogP contribution in [0.25, 0.3) is 0 Å². The van der Waals surface area contributed by atoms with Gasteiger partial charge in [-0.1, -0.05) is 30.0 Å². The van der Waals surface area contributed by atoms with E-state index in [2.05, 4.69) is 0 Å². The molecular formula is C16H21NO3. The van der Waals surface area contributed by atoms with E-state index in [1.54, 1.807) is 0 Å². The minimum absolute atomic E-state index is 0.161. The van der Waals surface area contributed by atoms with Crippen LogP contribution in [0, 0.1) is 13.8 Å². The highest BCUT2D eigenvalue weighted by Gasteiger charge is 2.31. The number of hydrogen-bond acceptors (Lipinski definition) is 2. The van der Waals surface area contributed by atoms with E-state index in [1.807, 2.05) is 32.0 Å². The van der Waals surface area contributed by atoms with Crippen molar-refractivity contribution in [1.29, 1.82) is 0 Å². The topological polar surface area (TPSA) is 57.6 Å². The fourth-order valence-corrected chi connectivity index (χ4v) is 2.87. The summed E-state index contributed by atoms with van der Waals surface area (Å²) in [5.74, 6) is -1.06. The van der Waals surface area contributed by atoms with E-state index in [9.17, 15) is 14.7 Å². The molecule has 108 valence electrons. The van der Waals surface area contributed by atoms with Crippen molar-refractivity contribution in [1.82, 2.24) is 4.90 Å². The molecule has 0 aliphatic carbocycles. The van der Waals surface area contributed by atoms with E-state index in [-0.39, 0.29) is 5.91 Å². The number of carboxylic acid groups (broad SMARTS) is 1. The molecule has 0 spiro atoms. The Morgan fingerprint density at radius 3 is 2.35 bits per heavy atom. The van der Waals surface area contributed by atoms with Gasteiger partial charge in [-0.2, -0.15) is 0 Å². The largest absolute Gasteiger partial charge is 0.480 e. The molecule has 1 fully saturated rings. The molecule has 1 unspecified atom stereocenters. The number of likely N-dealkylation sites (tertiary alicyclic amines) is 1. The number of aliphatic carboxylic acids is 1. The molecule has 4 nitrogen and oxygen atoms in total. The quantitative estimate of drug-likeness (QED) is 0.903. The lowest BCUT2D eigenvalue weighted by atomic mass is 10.0. The van der Waals surface area contributed by atoms with E-state index in [1.165, 1.54) is 4.90 Å². The summed E-state index contributed by atoms with van der Waals surface area (Å²) >= 11 is 0. The van der Waals surface area contributed by atoms with Crippen LogP contribution < -0.4 is 0 Å². The molecular weight excluding hydrogens is 254 g/mol. The van der Waals surface area contributed by atoms with Crippen molar-refractivity contribution in [3.05, 3.63) is 34.9 Å². The van der Waals surface area contributed by atoms with Gasteiger partial charge in [0.1, 0.15) is 6.04 Å². The van der Waals surface area contributed by atoms with Gasteiger partial charge >= 0.3 is 5.97 Å². The number of aryl methyl sites for hydroxylation is 2. The third-order valence-corrected chi connectivity index (χ3v) is 3.77. The van der Waals surface area contributed by atoms with E-state index < -0.39 is 12.0 Å². The molecule has 4 heteroatoms. The van der Waals surface area contributed by atoms with Crippen molar-refractivity contribution >= 4 is 11.9 Å². The van der Waals surface area contributed by atoms with Gasteiger partial charge in [-0.25, -0.2) is 4.79 Å². The van der Waals surface area contributed by atoms with Crippen molar-refractivity contribution < 1.29 is 14.7 Å². The molecule has 1 saturated heterocycles. The fourth-order valence-electron chi connectivity index (χ4n) is 2.87. The Kier molecular flexibility index (Phi) is 4.42. The molecule has 0 saturated carbocycles. The first-order chi connectivity index (χ1) is 9.49. The predicted molar refractivity (Wildman–Crippen MR) is 76.8 cm³/mol. The minimum atomic E-state index is -0.898. The van der Waals surface area contributed by atoms with Crippen LogP contribution in [0.3, 0.4) is 0 Å². The normalized spacial score (nSPS) is 19.5. The third-order valence-electron chi connectivity index (χ3n) is 3.77. The number of benzene rings is 1. The summed E-state index contributed by atoms with van der Waals surface area (Å²) in [4.78, 5) is 25.6. The molecule has 1 aliphatic rings. The number of rotatable bonds is 2. The van der Waals surface area contributed by atoms with Gasteiger partial charge in [0.2, 0.25) is 0 Å². The monoisotopic (exact) mass is 275 g/mol. The van der Waals surface area contributed by atoms with Crippen LogP contribution in [0.1, 0.15) is 47.2 Å².